The summed E-state index contributed by atoms with van der Waals surface area (Å²) >= 11 is 0. The van der Waals surface area contributed by atoms with Crippen molar-refractivity contribution in [3.05, 3.63) is 36.2 Å². The third kappa shape index (κ3) is 3.31. The molecule has 1 heterocycles. The van der Waals surface area contributed by atoms with E-state index < -0.39 is 13.4 Å². The standard InChI is InChI=1S/C10H13N4O4P/c1-18-8-4-2-7(3-5-8)9(19(15,16)17)13-10-11-6-12-14-10/h2-6,9H,1H3,(H2,15,16,17)(H2,11,12,13,14). The van der Waals surface area contributed by atoms with E-state index in [4.69, 9.17) is 4.74 Å². The van der Waals surface area contributed by atoms with Crippen LogP contribution in [0.15, 0.2) is 30.6 Å². The first kappa shape index (κ1) is 13.5. The average Bonchev–Trinajstić information content (AvgIpc) is 2.88. The molecule has 0 saturated heterocycles. The zero-order valence-corrected chi connectivity index (χ0v) is 10.9. The molecule has 0 aliphatic heterocycles. The summed E-state index contributed by atoms with van der Waals surface area (Å²) < 4.78 is 16.5. The van der Waals surface area contributed by atoms with Crippen LogP contribution in [0.2, 0.25) is 0 Å². The van der Waals surface area contributed by atoms with Crippen LogP contribution in [-0.2, 0) is 4.57 Å². The van der Waals surface area contributed by atoms with Gasteiger partial charge in [-0.3, -0.25) is 4.57 Å². The number of H-pyrrole nitrogens is 1. The molecule has 1 unspecified atom stereocenters. The Balaban J connectivity index is 2.29. The summed E-state index contributed by atoms with van der Waals surface area (Å²) in [4.78, 5) is 22.6. The van der Waals surface area contributed by atoms with Gasteiger partial charge in [0.15, 0.2) is 5.78 Å². The number of nitrogens with one attached hydrogen (secondary N) is 2. The number of anilines is 1. The van der Waals surface area contributed by atoms with Crippen LogP contribution in [0.25, 0.3) is 0 Å². The maximum Gasteiger partial charge on any atom is 0.352 e. The van der Waals surface area contributed by atoms with Crippen molar-refractivity contribution in [2.45, 2.75) is 5.78 Å². The fourth-order valence-corrected chi connectivity index (χ4v) is 2.40. The van der Waals surface area contributed by atoms with Crippen molar-refractivity contribution in [2.75, 3.05) is 12.4 Å². The third-order valence-corrected chi connectivity index (χ3v) is 3.56. The highest BCUT2D eigenvalue weighted by atomic mass is 31.2. The van der Waals surface area contributed by atoms with E-state index in [-0.39, 0.29) is 5.95 Å². The van der Waals surface area contributed by atoms with Gasteiger partial charge in [0.05, 0.1) is 7.11 Å². The fourth-order valence-electron chi connectivity index (χ4n) is 1.55. The Bertz CT molecular complexity index is 566. The number of aromatic nitrogens is 3. The maximum absolute atomic E-state index is 11.6. The number of hydrogen-bond donors (Lipinski definition) is 4. The SMILES string of the molecule is COc1ccc(C(Nc2ncn[nH]2)P(=O)(O)O)cc1. The third-order valence-electron chi connectivity index (χ3n) is 2.46. The summed E-state index contributed by atoms with van der Waals surface area (Å²) in [6, 6.07) is 6.40. The van der Waals surface area contributed by atoms with Crippen molar-refractivity contribution < 1.29 is 19.1 Å². The van der Waals surface area contributed by atoms with Crippen LogP contribution in [0.1, 0.15) is 11.3 Å². The van der Waals surface area contributed by atoms with Crippen LogP contribution in [-0.4, -0.2) is 32.1 Å². The predicted octanol–water partition coefficient (Wildman–Crippen LogP) is 1.10. The van der Waals surface area contributed by atoms with Crippen molar-refractivity contribution in [1.29, 1.82) is 0 Å². The quantitative estimate of drug-likeness (QED) is 0.607. The van der Waals surface area contributed by atoms with E-state index in [2.05, 4.69) is 20.5 Å². The van der Waals surface area contributed by atoms with Crippen LogP contribution in [0.3, 0.4) is 0 Å². The highest BCUT2D eigenvalue weighted by Gasteiger charge is 2.31. The molecule has 19 heavy (non-hydrogen) atoms. The Kier molecular flexibility index (Phi) is 3.84. The molecule has 102 valence electrons. The summed E-state index contributed by atoms with van der Waals surface area (Å²) in [5.74, 6) is -0.414. The van der Waals surface area contributed by atoms with Gasteiger partial charge in [-0.25, -0.2) is 10.1 Å². The molecule has 0 saturated carbocycles. The minimum absolute atomic E-state index is 0.184. The number of aromatic amines is 1. The fraction of sp³-hybridized carbons (Fsp3) is 0.200. The second kappa shape index (κ2) is 5.40. The minimum Gasteiger partial charge on any atom is -0.497 e. The van der Waals surface area contributed by atoms with Gasteiger partial charge in [0.2, 0.25) is 5.95 Å². The molecular weight excluding hydrogens is 271 g/mol. The van der Waals surface area contributed by atoms with Crippen molar-refractivity contribution >= 4 is 13.5 Å². The summed E-state index contributed by atoms with van der Waals surface area (Å²) in [5, 5.41) is 8.72. The van der Waals surface area contributed by atoms with E-state index >= 15 is 0 Å². The molecule has 0 fully saturated rings. The van der Waals surface area contributed by atoms with E-state index in [1.54, 1.807) is 24.3 Å². The molecular formula is C10H13N4O4P. The van der Waals surface area contributed by atoms with Crippen molar-refractivity contribution in [2.24, 2.45) is 0 Å². The van der Waals surface area contributed by atoms with Gasteiger partial charge in [0.25, 0.3) is 0 Å². The second-order valence-corrected chi connectivity index (χ2v) is 5.44. The molecule has 1 atom stereocenters. The first-order valence-corrected chi connectivity index (χ1v) is 7.00. The first-order chi connectivity index (χ1) is 9.00. The van der Waals surface area contributed by atoms with E-state index in [0.29, 0.717) is 11.3 Å². The highest BCUT2D eigenvalue weighted by molar-refractivity contribution is 7.52. The molecule has 2 rings (SSSR count). The number of benzene rings is 1. The lowest BCUT2D eigenvalue weighted by Crippen LogP contribution is -2.12. The molecule has 0 amide bonds. The Morgan fingerprint density at radius 2 is 2.05 bits per heavy atom. The van der Waals surface area contributed by atoms with E-state index in [0.717, 1.165) is 0 Å². The molecule has 0 aliphatic rings. The second-order valence-electron chi connectivity index (χ2n) is 3.74. The van der Waals surface area contributed by atoms with Crippen LogP contribution in [0.4, 0.5) is 5.95 Å². The summed E-state index contributed by atoms with van der Waals surface area (Å²) in [7, 11) is -2.89. The average molecular weight is 284 g/mol. The predicted molar refractivity (Wildman–Crippen MR) is 67.8 cm³/mol. The van der Waals surface area contributed by atoms with E-state index in [1.165, 1.54) is 13.4 Å². The first-order valence-electron chi connectivity index (χ1n) is 5.32. The topological polar surface area (TPSA) is 120 Å². The van der Waals surface area contributed by atoms with Crippen molar-refractivity contribution in [3.63, 3.8) is 0 Å². The number of nitrogens with zero attached hydrogens (tertiary/aromatic N) is 2. The number of ether oxygens (including phenoxy) is 1. The zero-order chi connectivity index (χ0) is 13.9. The molecule has 1 aromatic carbocycles. The van der Waals surface area contributed by atoms with Gasteiger partial charge in [-0.15, -0.1) is 0 Å². The molecule has 0 radical (unpaired) electrons. The van der Waals surface area contributed by atoms with Crippen molar-refractivity contribution in [1.82, 2.24) is 15.2 Å². The number of rotatable bonds is 5. The minimum atomic E-state index is -4.40. The van der Waals surface area contributed by atoms with Gasteiger partial charge in [0.1, 0.15) is 12.1 Å². The lowest BCUT2D eigenvalue weighted by molar-refractivity contribution is 0.362. The Morgan fingerprint density at radius 1 is 1.37 bits per heavy atom. The van der Waals surface area contributed by atoms with Gasteiger partial charge < -0.3 is 19.8 Å². The molecule has 2 aromatic rings. The highest BCUT2D eigenvalue weighted by Crippen LogP contribution is 2.51. The van der Waals surface area contributed by atoms with Gasteiger partial charge in [-0.1, -0.05) is 12.1 Å². The molecule has 4 N–H and O–H groups in total. The lowest BCUT2D eigenvalue weighted by Gasteiger charge is -2.19. The van der Waals surface area contributed by atoms with Gasteiger partial charge in [0, 0.05) is 0 Å². The molecule has 0 spiro atoms. The largest absolute Gasteiger partial charge is 0.497 e. The molecule has 0 aliphatic carbocycles. The Hall–Kier alpha value is -1.89. The molecule has 1 aromatic heterocycles. The van der Waals surface area contributed by atoms with E-state index in [9.17, 15) is 14.4 Å². The number of methoxy groups -OCH3 is 1. The monoisotopic (exact) mass is 284 g/mol. The normalized spacial score (nSPS) is 13.0. The van der Waals surface area contributed by atoms with Crippen LogP contribution in [0, 0.1) is 0 Å². The molecule has 8 nitrogen and oxygen atoms in total. The van der Waals surface area contributed by atoms with Gasteiger partial charge in [-0.05, 0) is 17.7 Å². The molecule has 9 heteroatoms. The smallest absolute Gasteiger partial charge is 0.352 e. The molecule has 0 bridgehead atoms. The Labute approximate surface area is 109 Å². The Morgan fingerprint density at radius 3 is 2.53 bits per heavy atom. The lowest BCUT2D eigenvalue weighted by atomic mass is 10.2. The van der Waals surface area contributed by atoms with Crippen LogP contribution >= 0.6 is 7.60 Å². The summed E-state index contributed by atoms with van der Waals surface area (Å²) in [5.41, 5.74) is 0.422. The van der Waals surface area contributed by atoms with Gasteiger partial charge >= 0.3 is 7.60 Å². The van der Waals surface area contributed by atoms with Crippen LogP contribution in [0.5, 0.6) is 5.75 Å². The summed E-state index contributed by atoms with van der Waals surface area (Å²) in [6.45, 7) is 0. The van der Waals surface area contributed by atoms with Crippen molar-refractivity contribution in [3.8, 4) is 5.75 Å². The van der Waals surface area contributed by atoms with Gasteiger partial charge in [-0.2, -0.15) is 5.10 Å². The van der Waals surface area contributed by atoms with Crippen LogP contribution < -0.4 is 10.1 Å². The maximum atomic E-state index is 11.6. The number of hydrogen-bond acceptors (Lipinski definition) is 5. The summed E-state index contributed by atoms with van der Waals surface area (Å²) in [6.07, 6.45) is 1.24. The zero-order valence-electron chi connectivity index (χ0n) is 10.0. The van der Waals surface area contributed by atoms with E-state index in [1.807, 2.05) is 0 Å².